The van der Waals surface area contributed by atoms with Crippen LogP contribution in [-0.4, -0.2) is 28.5 Å². The van der Waals surface area contributed by atoms with Crippen molar-refractivity contribution >= 4 is 5.91 Å². The van der Waals surface area contributed by atoms with Crippen LogP contribution >= 0.6 is 0 Å². The monoisotopic (exact) mass is 224 g/mol. The van der Waals surface area contributed by atoms with Gasteiger partial charge in [0.25, 0.3) is 0 Å². The minimum atomic E-state index is -0.410. The maximum absolute atomic E-state index is 11.6. The van der Waals surface area contributed by atoms with Crippen LogP contribution in [0, 0.1) is 5.92 Å². The zero-order valence-corrected chi connectivity index (χ0v) is 9.86. The van der Waals surface area contributed by atoms with E-state index in [1.807, 2.05) is 13.8 Å². The molecule has 0 aliphatic rings. The lowest BCUT2D eigenvalue weighted by molar-refractivity contribution is -0.123. The lowest BCUT2D eigenvalue weighted by Gasteiger charge is -2.17. The molecule has 90 valence electrons. The number of nitrogens with one attached hydrogen (secondary N) is 2. The highest BCUT2D eigenvalue weighted by molar-refractivity contribution is 5.81. The van der Waals surface area contributed by atoms with Crippen molar-refractivity contribution in [2.45, 2.75) is 32.7 Å². The van der Waals surface area contributed by atoms with Gasteiger partial charge in [-0.2, -0.15) is 0 Å². The Bertz CT molecular complexity index is 310. The normalized spacial score (nSPS) is 14.4. The van der Waals surface area contributed by atoms with Crippen LogP contribution in [0.2, 0.25) is 0 Å². The van der Waals surface area contributed by atoms with Crippen molar-refractivity contribution in [2.24, 2.45) is 11.7 Å². The second-order valence-electron chi connectivity index (χ2n) is 4.03. The van der Waals surface area contributed by atoms with Crippen molar-refractivity contribution in [2.75, 3.05) is 6.54 Å². The zero-order chi connectivity index (χ0) is 12.0. The van der Waals surface area contributed by atoms with E-state index in [9.17, 15) is 4.79 Å². The third kappa shape index (κ3) is 3.66. The molecule has 0 fully saturated rings. The Kier molecular flexibility index (Phi) is 4.98. The predicted octanol–water partition coefficient (Wildman–Crippen LogP) is 0.442. The highest BCUT2D eigenvalue weighted by atomic mass is 16.2. The Labute approximate surface area is 95.8 Å². The summed E-state index contributed by atoms with van der Waals surface area (Å²) in [5, 5.41) is 2.82. The quantitative estimate of drug-likeness (QED) is 0.655. The summed E-state index contributed by atoms with van der Waals surface area (Å²) in [7, 11) is 0. The number of amides is 1. The first-order valence-electron chi connectivity index (χ1n) is 5.65. The van der Waals surface area contributed by atoms with E-state index in [4.69, 9.17) is 5.73 Å². The minimum Gasteiger partial charge on any atom is -0.354 e. The summed E-state index contributed by atoms with van der Waals surface area (Å²) in [6.07, 6.45) is 5.04. The summed E-state index contributed by atoms with van der Waals surface area (Å²) in [5.74, 6) is 0.140. The van der Waals surface area contributed by atoms with E-state index < -0.39 is 6.04 Å². The van der Waals surface area contributed by atoms with Gasteiger partial charge in [0, 0.05) is 24.9 Å². The van der Waals surface area contributed by atoms with Crippen LogP contribution in [0.3, 0.4) is 0 Å². The molecule has 1 rings (SSSR count). The molecule has 1 heterocycles. The van der Waals surface area contributed by atoms with Gasteiger partial charge < -0.3 is 16.0 Å². The standard InChI is InChI=1S/C11H20N4O/c1-3-8(2)10(12)11(16)14-5-4-9-6-13-7-15-9/h6-8,10H,3-5,12H2,1-2H3,(H,13,15)(H,14,16)/t8-,10-/m0/s1. The van der Waals surface area contributed by atoms with Crippen molar-refractivity contribution < 1.29 is 4.79 Å². The topological polar surface area (TPSA) is 83.8 Å². The molecule has 0 spiro atoms. The van der Waals surface area contributed by atoms with E-state index in [2.05, 4.69) is 15.3 Å². The minimum absolute atomic E-state index is 0.0751. The second-order valence-corrected chi connectivity index (χ2v) is 4.03. The second kappa shape index (κ2) is 6.27. The molecule has 5 nitrogen and oxygen atoms in total. The van der Waals surface area contributed by atoms with E-state index in [-0.39, 0.29) is 11.8 Å². The fraction of sp³-hybridized carbons (Fsp3) is 0.636. The summed E-state index contributed by atoms with van der Waals surface area (Å²) in [6, 6.07) is -0.410. The Morgan fingerprint density at radius 1 is 1.69 bits per heavy atom. The number of nitrogens with zero attached hydrogens (tertiary/aromatic N) is 1. The number of hydrogen-bond acceptors (Lipinski definition) is 3. The first-order chi connectivity index (χ1) is 7.65. The van der Waals surface area contributed by atoms with Gasteiger partial charge in [0.1, 0.15) is 0 Å². The van der Waals surface area contributed by atoms with Crippen molar-refractivity contribution in [3.05, 3.63) is 18.2 Å². The van der Waals surface area contributed by atoms with Crippen molar-refractivity contribution in [3.8, 4) is 0 Å². The number of carbonyl (C=O) groups excluding carboxylic acids is 1. The van der Waals surface area contributed by atoms with Gasteiger partial charge in [-0.15, -0.1) is 0 Å². The van der Waals surface area contributed by atoms with E-state index in [1.165, 1.54) is 0 Å². The van der Waals surface area contributed by atoms with Gasteiger partial charge in [-0.05, 0) is 5.92 Å². The zero-order valence-electron chi connectivity index (χ0n) is 9.86. The molecule has 0 unspecified atom stereocenters. The molecule has 0 bridgehead atoms. The van der Waals surface area contributed by atoms with E-state index >= 15 is 0 Å². The van der Waals surface area contributed by atoms with E-state index in [0.717, 1.165) is 18.5 Å². The average molecular weight is 224 g/mol. The van der Waals surface area contributed by atoms with Gasteiger partial charge in [0.05, 0.1) is 12.4 Å². The average Bonchev–Trinajstić information content (AvgIpc) is 2.79. The van der Waals surface area contributed by atoms with Gasteiger partial charge in [0.2, 0.25) is 5.91 Å². The number of hydrogen-bond donors (Lipinski definition) is 3. The summed E-state index contributed by atoms with van der Waals surface area (Å²) in [5.41, 5.74) is 6.81. The Morgan fingerprint density at radius 2 is 2.44 bits per heavy atom. The van der Waals surface area contributed by atoms with Gasteiger partial charge in [-0.1, -0.05) is 20.3 Å². The number of carbonyl (C=O) groups is 1. The summed E-state index contributed by atoms with van der Waals surface area (Å²) >= 11 is 0. The molecule has 4 N–H and O–H groups in total. The maximum atomic E-state index is 11.6. The number of imidazole rings is 1. The Balaban J connectivity index is 2.24. The Hall–Kier alpha value is -1.36. The smallest absolute Gasteiger partial charge is 0.237 e. The molecule has 1 amide bonds. The molecule has 16 heavy (non-hydrogen) atoms. The van der Waals surface area contributed by atoms with Crippen LogP contribution in [0.4, 0.5) is 0 Å². The maximum Gasteiger partial charge on any atom is 0.237 e. The van der Waals surface area contributed by atoms with Crippen LogP contribution in [0.25, 0.3) is 0 Å². The van der Waals surface area contributed by atoms with Gasteiger partial charge >= 0.3 is 0 Å². The molecule has 5 heteroatoms. The Morgan fingerprint density at radius 3 is 3.00 bits per heavy atom. The van der Waals surface area contributed by atoms with Crippen LogP contribution in [0.1, 0.15) is 26.0 Å². The highest BCUT2D eigenvalue weighted by Crippen LogP contribution is 2.04. The van der Waals surface area contributed by atoms with Crippen LogP contribution < -0.4 is 11.1 Å². The molecular weight excluding hydrogens is 204 g/mol. The van der Waals surface area contributed by atoms with Crippen molar-refractivity contribution in [1.29, 1.82) is 0 Å². The molecule has 1 aromatic rings. The van der Waals surface area contributed by atoms with Crippen molar-refractivity contribution in [3.63, 3.8) is 0 Å². The molecule has 0 radical (unpaired) electrons. The molecule has 0 aromatic carbocycles. The van der Waals surface area contributed by atoms with Crippen LogP contribution in [-0.2, 0) is 11.2 Å². The fourth-order valence-electron chi connectivity index (χ4n) is 1.37. The lowest BCUT2D eigenvalue weighted by Crippen LogP contribution is -2.45. The molecule has 1 aromatic heterocycles. The SMILES string of the molecule is CC[C@H](C)[C@H](N)C(=O)NCCc1cnc[nH]1. The van der Waals surface area contributed by atoms with Crippen molar-refractivity contribution in [1.82, 2.24) is 15.3 Å². The molecule has 0 aliphatic carbocycles. The first-order valence-corrected chi connectivity index (χ1v) is 5.65. The largest absolute Gasteiger partial charge is 0.354 e. The number of aromatic nitrogens is 2. The molecular formula is C11H20N4O. The van der Waals surface area contributed by atoms with Gasteiger partial charge in [-0.3, -0.25) is 4.79 Å². The third-order valence-corrected chi connectivity index (χ3v) is 2.81. The van der Waals surface area contributed by atoms with Crippen LogP contribution in [0.5, 0.6) is 0 Å². The van der Waals surface area contributed by atoms with Gasteiger partial charge in [-0.25, -0.2) is 4.98 Å². The lowest BCUT2D eigenvalue weighted by atomic mass is 9.99. The summed E-state index contributed by atoms with van der Waals surface area (Å²) < 4.78 is 0. The number of nitrogens with two attached hydrogens (primary N) is 1. The summed E-state index contributed by atoms with van der Waals surface area (Å²) in [4.78, 5) is 18.5. The molecule has 0 aliphatic heterocycles. The summed E-state index contributed by atoms with van der Waals surface area (Å²) in [6.45, 7) is 4.60. The van der Waals surface area contributed by atoms with E-state index in [1.54, 1.807) is 12.5 Å². The molecule has 2 atom stereocenters. The van der Waals surface area contributed by atoms with Crippen LogP contribution in [0.15, 0.2) is 12.5 Å². The number of aromatic amines is 1. The van der Waals surface area contributed by atoms with Gasteiger partial charge in [0.15, 0.2) is 0 Å². The fourth-order valence-corrected chi connectivity index (χ4v) is 1.37. The predicted molar refractivity (Wildman–Crippen MR) is 62.7 cm³/mol. The highest BCUT2D eigenvalue weighted by Gasteiger charge is 2.18. The molecule has 0 saturated carbocycles. The third-order valence-electron chi connectivity index (χ3n) is 2.81. The molecule has 0 saturated heterocycles. The number of rotatable bonds is 6. The number of H-pyrrole nitrogens is 1. The first kappa shape index (κ1) is 12.7. The van der Waals surface area contributed by atoms with E-state index in [0.29, 0.717) is 6.54 Å².